The fourth-order valence-corrected chi connectivity index (χ4v) is 5.07. The van der Waals surface area contributed by atoms with Crippen LogP contribution < -0.4 is 5.32 Å². The summed E-state index contributed by atoms with van der Waals surface area (Å²) in [7, 11) is -4.46. The first-order chi connectivity index (χ1) is 12.3. The Kier molecular flexibility index (Phi) is 5.24. The molecule has 2 aromatic rings. The van der Waals surface area contributed by atoms with Crippen molar-refractivity contribution < 1.29 is 17.7 Å². The molecule has 0 spiro atoms. The summed E-state index contributed by atoms with van der Waals surface area (Å²) in [5, 5.41) is 14.7. The van der Waals surface area contributed by atoms with Gasteiger partial charge in [-0.05, 0) is 17.7 Å². The predicted octanol–water partition coefficient (Wildman–Crippen LogP) is 2.72. The molecule has 138 valence electrons. The molecule has 0 aliphatic carbocycles. The van der Waals surface area contributed by atoms with Gasteiger partial charge in [-0.15, -0.1) is 0 Å². The highest BCUT2D eigenvalue weighted by Gasteiger charge is 2.40. The van der Waals surface area contributed by atoms with Crippen LogP contribution in [0.2, 0.25) is 5.02 Å². The summed E-state index contributed by atoms with van der Waals surface area (Å²) in [5.74, 6) is -1.16. The number of nitro groups is 1. The monoisotopic (exact) mass is 399 g/mol. The zero-order valence-electron chi connectivity index (χ0n) is 13.4. The minimum Gasteiger partial charge on any atom is -0.313 e. The number of hydrogen-bond acceptors (Lipinski definition) is 5. The Hall–Kier alpha value is -2.07. The molecule has 1 aliphatic rings. The molecule has 1 saturated heterocycles. The van der Waals surface area contributed by atoms with E-state index in [4.69, 9.17) is 11.6 Å². The van der Waals surface area contributed by atoms with E-state index in [9.17, 15) is 22.9 Å². The Morgan fingerprint density at radius 1 is 1.23 bits per heavy atom. The molecule has 1 fully saturated rings. The van der Waals surface area contributed by atoms with Gasteiger partial charge in [-0.3, -0.25) is 10.1 Å². The molecule has 0 radical (unpaired) electrons. The molecular formula is C16H15ClFN3O4S. The van der Waals surface area contributed by atoms with Crippen LogP contribution in [-0.4, -0.2) is 37.3 Å². The molecule has 0 aromatic heterocycles. The Morgan fingerprint density at radius 2 is 1.96 bits per heavy atom. The molecule has 0 saturated carbocycles. The van der Waals surface area contributed by atoms with E-state index in [0.29, 0.717) is 17.1 Å². The number of rotatable bonds is 4. The number of halogens is 2. The first kappa shape index (κ1) is 18.7. The number of nitro benzene ring substituents is 1. The van der Waals surface area contributed by atoms with Crippen LogP contribution in [0.15, 0.2) is 47.4 Å². The molecule has 1 atom stereocenters. The number of nitrogens with one attached hydrogen (secondary N) is 1. The summed E-state index contributed by atoms with van der Waals surface area (Å²) < 4.78 is 41.7. The number of hydrogen-bond donors (Lipinski definition) is 1. The minimum atomic E-state index is -4.46. The third kappa shape index (κ3) is 3.30. The molecule has 1 N–H and O–H groups in total. The third-order valence-electron chi connectivity index (χ3n) is 4.17. The van der Waals surface area contributed by atoms with E-state index in [1.807, 2.05) is 0 Å². The van der Waals surface area contributed by atoms with Crippen LogP contribution in [0.1, 0.15) is 11.6 Å². The van der Waals surface area contributed by atoms with Gasteiger partial charge in [0.2, 0.25) is 0 Å². The molecular weight excluding hydrogens is 385 g/mol. The van der Waals surface area contributed by atoms with Crippen molar-refractivity contribution in [2.75, 3.05) is 19.6 Å². The smallest absolute Gasteiger partial charge is 0.292 e. The van der Waals surface area contributed by atoms with Gasteiger partial charge in [-0.1, -0.05) is 35.9 Å². The first-order valence-corrected chi connectivity index (χ1v) is 9.55. The molecule has 26 heavy (non-hydrogen) atoms. The molecule has 7 nitrogen and oxygen atoms in total. The second kappa shape index (κ2) is 7.28. The zero-order valence-corrected chi connectivity index (χ0v) is 15.0. The standard InChI is InChI=1S/C16H15ClFN3O4S/c17-12-5-2-1-4-11(12)15-10-19-8-9-20(15)26(24,25)16-13(18)6-3-7-14(16)21(22)23/h1-7,15,19H,8-10H2. The fraction of sp³-hybridized carbons (Fsp3) is 0.250. The summed E-state index contributed by atoms with van der Waals surface area (Å²) >= 11 is 6.20. The average Bonchev–Trinajstić information content (AvgIpc) is 2.61. The topological polar surface area (TPSA) is 92.5 Å². The highest BCUT2D eigenvalue weighted by molar-refractivity contribution is 7.89. The van der Waals surface area contributed by atoms with Crippen molar-refractivity contribution in [2.24, 2.45) is 0 Å². The molecule has 2 aromatic carbocycles. The van der Waals surface area contributed by atoms with E-state index < -0.39 is 37.4 Å². The van der Waals surface area contributed by atoms with E-state index in [0.717, 1.165) is 22.5 Å². The van der Waals surface area contributed by atoms with Gasteiger partial charge in [0.15, 0.2) is 4.90 Å². The molecule has 1 unspecified atom stereocenters. The number of benzene rings is 2. The summed E-state index contributed by atoms with van der Waals surface area (Å²) in [6, 6.07) is 9.00. The Balaban J connectivity index is 2.14. The van der Waals surface area contributed by atoms with Gasteiger partial charge in [-0.2, -0.15) is 4.31 Å². The van der Waals surface area contributed by atoms with E-state index in [1.54, 1.807) is 24.3 Å². The van der Waals surface area contributed by atoms with Crippen LogP contribution in [0.3, 0.4) is 0 Å². The van der Waals surface area contributed by atoms with Gasteiger partial charge in [0.1, 0.15) is 5.82 Å². The lowest BCUT2D eigenvalue weighted by molar-refractivity contribution is -0.388. The van der Waals surface area contributed by atoms with Gasteiger partial charge in [-0.25, -0.2) is 12.8 Å². The van der Waals surface area contributed by atoms with Crippen molar-refractivity contribution in [2.45, 2.75) is 10.9 Å². The van der Waals surface area contributed by atoms with Gasteiger partial charge in [0, 0.05) is 30.7 Å². The molecule has 10 heteroatoms. The summed E-state index contributed by atoms with van der Waals surface area (Å²) in [4.78, 5) is 9.40. The van der Waals surface area contributed by atoms with Gasteiger partial charge in [0.25, 0.3) is 15.7 Å². The van der Waals surface area contributed by atoms with E-state index >= 15 is 0 Å². The number of sulfonamides is 1. The van der Waals surface area contributed by atoms with E-state index in [1.165, 1.54) is 0 Å². The van der Waals surface area contributed by atoms with Gasteiger partial charge >= 0.3 is 0 Å². The maximum atomic E-state index is 14.3. The van der Waals surface area contributed by atoms with Crippen LogP contribution in [0, 0.1) is 15.9 Å². The normalized spacial score (nSPS) is 18.6. The third-order valence-corrected chi connectivity index (χ3v) is 6.49. The molecule has 0 bridgehead atoms. The fourth-order valence-electron chi connectivity index (χ4n) is 3.00. The minimum absolute atomic E-state index is 0.0315. The molecule has 3 rings (SSSR count). The van der Waals surface area contributed by atoms with Crippen molar-refractivity contribution in [1.29, 1.82) is 0 Å². The second-order valence-electron chi connectivity index (χ2n) is 5.70. The quantitative estimate of drug-likeness (QED) is 0.630. The van der Waals surface area contributed by atoms with Crippen LogP contribution in [0.25, 0.3) is 0 Å². The van der Waals surface area contributed by atoms with E-state index in [-0.39, 0.29) is 13.1 Å². The predicted molar refractivity (Wildman–Crippen MR) is 94.0 cm³/mol. The second-order valence-corrected chi connectivity index (χ2v) is 7.94. The zero-order chi connectivity index (χ0) is 18.9. The lowest BCUT2D eigenvalue weighted by Gasteiger charge is -2.35. The Bertz CT molecular complexity index is 954. The number of piperazine rings is 1. The molecule has 1 aliphatic heterocycles. The van der Waals surface area contributed by atoms with Crippen molar-refractivity contribution in [3.05, 3.63) is 69.0 Å². The lowest BCUT2D eigenvalue weighted by atomic mass is 10.1. The van der Waals surface area contributed by atoms with E-state index in [2.05, 4.69) is 5.32 Å². The summed E-state index contributed by atoms with van der Waals surface area (Å²) in [5.41, 5.74) is -0.245. The van der Waals surface area contributed by atoms with Gasteiger partial charge < -0.3 is 5.32 Å². The summed E-state index contributed by atoms with van der Waals surface area (Å²) in [6.45, 7) is 0.622. The maximum Gasteiger partial charge on any atom is 0.292 e. The van der Waals surface area contributed by atoms with Gasteiger partial charge in [0.05, 0.1) is 11.0 Å². The Morgan fingerprint density at radius 3 is 2.65 bits per heavy atom. The van der Waals surface area contributed by atoms with Crippen molar-refractivity contribution in [3.8, 4) is 0 Å². The first-order valence-electron chi connectivity index (χ1n) is 7.74. The Labute approximate surface area is 154 Å². The van der Waals surface area contributed by atoms with Crippen LogP contribution in [0.5, 0.6) is 0 Å². The SMILES string of the molecule is O=[N+]([O-])c1cccc(F)c1S(=O)(=O)N1CCNCC1c1ccccc1Cl. The number of nitrogens with zero attached hydrogens (tertiary/aromatic N) is 2. The lowest BCUT2D eigenvalue weighted by Crippen LogP contribution is -2.48. The highest BCUT2D eigenvalue weighted by Crippen LogP contribution is 2.36. The largest absolute Gasteiger partial charge is 0.313 e. The van der Waals surface area contributed by atoms with Crippen molar-refractivity contribution >= 4 is 27.3 Å². The van der Waals surface area contributed by atoms with Crippen LogP contribution in [-0.2, 0) is 10.0 Å². The summed E-state index contributed by atoms with van der Waals surface area (Å²) in [6.07, 6.45) is 0. The highest BCUT2D eigenvalue weighted by atomic mass is 35.5. The molecule has 0 amide bonds. The van der Waals surface area contributed by atoms with Crippen LogP contribution >= 0.6 is 11.6 Å². The van der Waals surface area contributed by atoms with Crippen molar-refractivity contribution in [3.63, 3.8) is 0 Å². The van der Waals surface area contributed by atoms with Crippen molar-refractivity contribution in [1.82, 2.24) is 9.62 Å². The van der Waals surface area contributed by atoms with Crippen LogP contribution in [0.4, 0.5) is 10.1 Å². The molecule has 1 heterocycles. The maximum absolute atomic E-state index is 14.3. The average molecular weight is 400 g/mol.